The summed E-state index contributed by atoms with van der Waals surface area (Å²) in [6, 6.07) is 13.3. The van der Waals surface area contributed by atoms with Crippen molar-refractivity contribution in [3.63, 3.8) is 0 Å². The highest BCUT2D eigenvalue weighted by Crippen LogP contribution is 2.34. The number of aromatic amines is 2. The van der Waals surface area contributed by atoms with Crippen molar-refractivity contribution in [1.82, 2.24) is 14.9 Å². The summed E-state index contributed by atoms with van der Waals surface area (Å²) >= 11 is 6.50. The first-order valence-corrected chi connectivity index (χ1v) is 11.5. The predicted molar refractivity (Wildman–Crippen MR) is 137 cm³/mol. The molecule has 0 saturated heterocycles. The summed E-state index contributed by atoms with van der Waals surface area (Å²) in [5, 5.41) is 1.15. The second kappa shape index (κ2) is 9.39. The van der Waals surface area contributed by atoms with Crippen LogP contribution >= 0.6 is 11.6 Å². The molecule has 1 amide bonds. The molecule has 2 aromatic carbocycles. The summed E-state index contributed by atoms with van der Waals surface area (Å²) in [6.07, 6.45) is 1.69. The Morgan fingerprint density at radius 3 is 2.41 bits per heavy atom. The van der Waals surface area contributed by atoms with E-state index in [9.17, 15) is 9.59 Å². The van der Waals surface area contributed by atoms with Crippen LogP contribution in [0.15, 0.2) is 53.5 Å². The van der Waals surface area contributed by atoms with Crippen molar-refractivity contribution in [2.24, 2.45) is 0 Å². The zero-order chi connectivity index (χ0) is 24.6. The van der Waals surface area contributed by atoms with Gasteiger partial charge in [0.1, 0.15) is 5.75 Å². The highest BCUT2D eigenvalue weighted by Gasteiger charge is 2.25. The largest absolute Gasteiger partial charge is 0.497 e. The number of pyridine rings is 1. The Labute approximate surface area is 203 Å². The van der Waals surface area contributed by atoms with Gasteiger partial charge in [0.05, 0.1) is 24.2 Å². The number of amides is 1. The van der Waals surface area contributed by atoms with Crippen molar-refractivity contribution >= 4 is 28.4 Å². The second-order valence-corrected chi connectivity index (χ2v) is 9.19. The number of aryl methyl sites for hydroxylation is 2. The summed E-state index contributed by atoms with van der Waals surface area (Å²) < 4.78 is 5.27. The monoisotopic (exact) mass is 477 g/mol. The van der Waals surface area contributed by atoms with Crippen molar-refractivity contribution in [3.8, 4) is 16.9 Å². The molecule has 0 spiro atoms. The Balaban J connectivity index is 1.82. The van der Waals surface area contributed by atoms with E-state index in [0.717, 1.165) is 33.7 Å². The van der Waals surface area contributed by atoms with Gasteiger partial charge in [0.2, 0.25) is 0 Å². The number of aromatic nitrogens is 2. The number of H-pyrrole nitrogens is 2. The van der Waals surface area contributed by atoms with Gasteiger partial charge in [-0.25, -0.2) is 0 Å². The van der Waals surface area contributed by atoms with Gasteiger partial charge < -0.3 is 19.6 Å². The van der Waals surface area contributed by atoms with E-state index in [0.29, 0.717) is 21.5 Å². The summed E-state index contributed by atoms with van der Waals surface area (Å²) in [5.74, 6) is 0.574. The third kappa shape index (κ3) is 4.46. The number of fused-ring (bicyclic) bond motifs is 1. The molecule has 0 aliphatic rings. The van der Waals surface area contributed by atoms with Gasteiger partial charge in [-0.3, -0.25) is 9.59 Å². The summed E-state index contributed by atoms with van der Waals surface area (Å²) in [6.45, 7) is 7.83. The Bertz CT molecular complexity index is 1420. The van der Waals surface area contributed by atoms with Crippen molar-refractivity contribution in [2.45, 2.75) is 40.3 Å². The average Bonchev–Trinajstić information content (AvgIpc) is 3.18. The van der Waals surface area contributed by atoms with Crippen LogP contribution in [-0.2, 0) is 6.54 Å². The fourth-order valence-electron chi connectivity index (χ4n) is 4.24. The van der Waals surface area contributed by atoms with Crippen molar-refractivity contribution in [2.75, 3.05) is 7.11 Å². The van der Waals surface area contributed by atoms with Gasteiger partial charge in [-0.15, -0.1) is 0 Å². The number of nitrogens with zero attached hydrogens (tertiary/aromatic N) is 1. The Morgan fingerprint density at radius 2 is 1.79 bits per heavy atom. The average molecular weight is 478 g/mol. The SMILES string of the molecule is COc1ccc(-c2cc(C(=O)N(Cc3c(C)cc(C)[nH]c3=O)C(C)C)c3c(Cl)c[nH]c3c2)cc1. The molecular formula is C27H28ClN3O3. The summed E-state index contributed by atoms with van der Waals surface area (Å²) in [5.41, 5.74) is 5.15. The molecule has 0 saturated carbocycles. The van der Waals surface area contributed by atoms with E-state index in [4.69, 9.17) is 16.3 Å². The highest BCUT2D eigenvalue weighted by molar-refractivity contribution is 6.37. The minimum atomic E-state index is -0.184. The number of hydrogen-bond acceptors (Lipinski definition) is 3. The van der Waals surface area contributed by atoms with E-state index in [1.807, 2.05) is 70.2 Å². The molecule has 176 valence electrons. The van der Waals surface area contributed by atoms with Gasteiger partial charge in [-0.1, -0.05) is 23.7 Å². The zero-order valence-electron chi connectivity index (χ0n) is 20.0. The van der Waals surface area contributed by atoms with Gasteiger partial charge in [0.15, 0.2) is 0 Å². The van der Waals surface area contributed by atoms with Crippen LogP contribution in [-0.4, -0.2) is 33.9 Å². The molecule has 2 N–H and O–H groups in total. The van der Waals surface area contributed by atoms with Crippen LogP contribution in [0.2, 0.25) is 5.02 Å². The molecule has 0 aliphatic heterocycles. The lowest BCUT2D eigenvalue weighted by atomic mass is 9.98. The first kappa shape index (κ1) is 23.6. The van der Waals surface area contributed by atoms with Crippen LogP contribution in [0.3, 0.4) is 0 Å². The first-order valence-electron chi connectivity index (χ1n) is 11.1. The Kier molecular flexibility index (Phi) is 6.53. The molecule has 0 unspecified atom stereocenters. The summed E-state index contributed by atoms with van der Waals surface area (Å²) in [7, 11) is 1.63. The van der Waals surface area contributed by atoms with Gasteiger partial charge >= 0.3 is 0 Å². The molecule has 0 radical (unpaired) electrons. The van der Waals surface area contributed by atoms with E-state index < -0.39 is 0 Å². The summed E-state index contributed by atoms with van der Waals surface area (Å²) in [4.78, 5) is 34.3. The molecule has 2 heterocycles. The quantitative estimate of drug-likeness (QED) is 0.365. The molecule has 7 heteroatoms. The van der Waals surface area contributed by atoms with Crippen LogP contribution in [0.1, 0.15) is 41.0 Å². The van der Waals surface area contributed by atoms with Crippen LogP contribution < -0.4 is 10.3 Å². The van der Waals surface area contributed by atoms with Crippen LogP contribution in [0, 0.1) is 13.8 Å². The fourth-order valence-corrected chi connectivity index (χ4v) is 4.50. The van der Waals surface area contributed by atoms with Gasteiger partial charge in [0, 0.05) is 34.4 Å². The number of nitrogens with one attached hydrogen (secondary N) is 2. The van der Waals surface area contributed by atoms with Crippen molar-refractivity contribution in [3.05, 3.63) is 86.4 Å². The third-order valence-electron chi connectivity index (χ3n) is 6.09. The number of halogens is 1. The number of hydrogen-bond donors (Lipinski definition) is 2. The number of benzene rings is 2. The normalized spacial score (nSPS) is 11.3. The van der Waals surface area contributed by atoms with E-state index in [1.54, 1.807) is 18.2 Å². The highest BCUT2D eigenvalue weighted by atomic mass is 35.5. The maximum Gasteiger partial charge on any atom is 0.255 e. The van der Waals surface area contributed by atoms with Gasteiger partial charge in [0.25, 0.3) is 11.5 Å². The smallest absolute Gasteiger partial charge is 0.255 e. The minimum Gasteiger partial charge on any atom is -0.497 e. The van der Waals surface area contributed by atoms with Crippen LogP contribution in [0.4, 0.5) is 0 Å². The molecule has 0 fully saturated rings. The Hall–Kier alpha value is -3.51. The standard InChI is InChI=1S/C27H28ClN3O3/c1-15(2)31(14-22-16(3)10-17(4)30-26(22)32)27(33)21-11-19(12-24-25(21)23(28)13-29-24)18-6-8-20(34-5)9-7-18/h6-13,15,29H,14H2,1-5H3,(H,30,32). The number of ether oxygens (including phenoxy) is 1. The molecular weight excluding hydrogens is 450 g/mol. The van der Waals surface area contributed by atoms with E-state index >= 15 is 0 Å². The maximum atomic E-state index is 13.9. The maximum absolute atomic E-state index is 13.9. The molecule has 34 heavy (non-hydrogen) atoms. The second-order valence-electron chi connectivity index (χ2n) is 8.78. The number of rotatable bonds is 6. The molecule has 4 rings (SSSR count). The Morgan fingerprint density at radius 1 is 1.09 bits per heavy atom. The zero-order valence-corrected chi connectivity index (χ0v) is 20.7. The first-order chi connectivity index (χ1) is 16.2. The van der Waals surface area contributed by atoms with Crippen LogP contribution in [0.5, 0.6) is 5.75 Å². The van der Waals surface area contributed by atoms with Crippen molar-refractivity contribution in [1.29, 1.82) is 0 Å². The lowest BCUT2D eigenvalue weighted by Crippen LogP contribution is -2.38. The van der Waals surface area contributed by atoms with Gasteiger partial charge in [-0.2, -0.15) is 0 Å². The number of carbonyl (C=O) groups is 1. The number of methoxy groups -OCH3 is 1. The fraction of sp³-hybridized carbons (Fsp3) is 0.259. The van der Waals surface area contributed by atoms with E-state index in [-0.39, 0.29) is 24.1 Å². The lowest BCUT2D eigenvalue weighted by molar-refractivity contribution is 0.0691. The topological polar surface area (TPSA) is 78.2 Å². The molecule has 0 atom stereocenters. The molecule has 4 aromatic rings. The molecule has 0 bridgehead atoms. The van der Waals surface area contributed by atoms with E-state index in [1.165, 1.54) is 0 Å². The van der Waals surface area contributed by atoms with E-state index in [2.05, 4.69) is 9.97 Å². The lowest BCUT2D eigenvalue weighted by Gasteiger charge is -2.28. The minimum absolute atomic E-state index is 0.134. The number of carbonyl (C=O) groups excluding carboxylic acids is 1. The van der Waals surface area contributed by atoms with Crippen molar-refractivity contribution < 1.29 is 9.53 Å². The molecule has 0 aliphatic carbocycles. The van der Waals surface area contributed by atoms with Gasteiger partial charge in [-0.05, 0) is 74.7 Å². The molecule has 6 nitrogen and oxygen atoms in total. The predicted octanol–water partition coefficient (Wildman–Crippen LogP) is 5.85. The third-order valence-corrected chi connectivity index (χ3v) is 6.39. The van der Waals surface area contributed by atoms with Crippen LogP contribution in [0.25, 0.3) is 22.0 Å². The molecule has 2 aromatic heterocycles.